The summed E-state index contributed by atoms with van der Waals surface area (Å²) >= 11 is 0. The van der Waals surface area contributed by atoms with Crippen molar-refractivity contribution in [1.82, 2.24) is 5.32 Å². The minimum Gasteiger partial charge on any atom is -0.369 e. The molecule has 5 heteroatoms. The van der Waals surface area contributed by atoms with Crippen molar-refractivity contribution in [2.45, 2.75) is 6.92 Å². The van der Waals surface area contributed by atoms with Gasteiger partial charge in [-0.3, -0.25) is 9.00 Å². The van der Waals surface area contributed by atoms with Gasteiger partial charge >= 0.3 is 0 Å². The van der Waals surface area contributed by atoms with Gasteiger partial charge in [-0.2, -0.15) is 0 Å². The molecule has 0 heterocycles. The van der Waals surface area contributed by atoms with Crippen LogP contribution in [0.15, 0.2) is 0 Å². The molecule has 1 atom stereocenters. The van der Waals surface area contributed by atoms with Crippen LogP contribution in [-0.4, -0.2) is 34.7 Å². The van der Waals surface area contributed by atoms with Crippen LogP contribution in [0.4, 0.5) is 0 Å². The topological polar surface area (TPSA) is 72.2 Å². The van der Waals surface area contributed by atoms with Crippen LogP contribution in [0.25, 0.3) is 0 Å². The fraction of sp³-hybridized carbons (Fsp3) is 0.833. The van der Waals surface area contributed by atoms with E-state index in [9.17, 15) is 9.00 Å². The van der Waals surface area contributed by atoms with Gasteiger partial charge in [0.1, 0.15) is 0 Å². The molecule has 0 aliphatic rings. The van der Waals surface area contributed by atoms with Gasteiger partial charge < -0.3 is 11.1 Å². The van der Waals surface area contributed by atoms with E-state index in [1.807, 2.05) is 6.92 Å². The second-order valence-corrected chi connectivity index (χ2v) is 3.94. The van der Waals surface area contributed by atoms with Gasteiger partial charge in [0.05, 0.1) is 6.54 Å². The summed E-state index contributed by atoms with van der Waals surface area (Å²) in [5, 5.41) is 2.78. The minimum absolute atomic E-state index is 0.168. The lowest BCUT2D eigenvalue weighted by Gasteiger charge is -1.99. The molecule has 0 aliphatic carbocycles. The average molecular weight is 178 g/mol. The van der Waals surface area contributed by atoms with Crippen molar-refractivity contribution < 1.29 is 9.00 Å². The van der Waals surface area contributed by atoms with E-state index in [2.05, 4.69) is 5.32 Å². The Kier molecular flexibility index (Phi) is 6.06. The molecule has 1 unspecified atom stereocenters. The van der Waals surface area contributed by atoms with E-state index >= 15 is 0 Å². The molecule has 0 saturated heterocycles. The summed E-state index contributed by atoms with van der Waals surface area (Å²) in [7, 11) is -0.756. The van der Waals surface area contributed by atoms with Gasteiger partial charge in [-0.25, -0.2) is 0 Å². The fourth-order valence-corrected chi connectivity index (χ4v) is 1.20. The lowest BCUT2D eigenvalue weighted by molar-refractivity contribution is -0.117. The van der Waals surface area contributed by atoms with E-state index in [-0.39, 0.29) is 12.5 Å². The number of nitrogens with two attached hydrogens (primary N) is 1. The SMILES string of the molecule is CCS(=O)CCNCC(N)=O. The number of nitrogens with one attached hydrogen (secondary N) is 1. The zero-order valence-corrected chi connectivity index (χ0v) is 7.45. The summed E-state index contributed by atoms with van der Waals surface area (Å²) in [5.41, 5.74) is 4.86. The normalized spacial score (nSPS) is 12.8. The third-order valence-corrected chi connectivity index (χ3v) is 2.43. The van der Waals surface area contributed by atoms with Crippen molar-refractivity contribution in [3.63, 3.8) is 0 Å². The molecular weight excluding hydrogens is 164 g/mol. The van der Waals surface area contributed by atoms with Gasteiger partial charge in [-0.1, -0.05) is 6.92 Å². The molecule has 0 aromatic rings. The van der Waals surface area contributed by atoms with Crippen LogP contribution in [0, 0.1) is 0 Å². The highest BCUT2D eigenvalue weighted by molar-refractivity contribution is 7.84. The molecule has 11 heavy (non-hydrogen) atoms. The number of rotatable bonds is 6. The van der Waals surface area contributed by atoms with Crippen molar-refractivity contribution in [3.8, 4) is 0 Å². The van der Waals surface area contributed by atoms with Crippen LogP contribution in [0.3, 0.4) is 0 Å². The van der Waals surface area contributed by atoms with Gasteiger partial charge in [0.25, 0.3) is 0 Å². The Hall–Kier alpha value is -0.420. The third kappa shape index (κ3) is 7.48. The Morgan fingerprint density at radius 1 is 1.64 bits per heavy atom. The van der Waals surface area contributed by atoms with E-state index in [4.69, 9.17) is 5.73 Å². The molecule has 66 valence electrons. The first-order valence-electron chi connectivity index (χ1n) is 3.50. The molecule has 0 rings (SSSR count). The summed E-state index contributed by atoms with van der Waals surface area (Å²) < 4.78 is 10.8. The molecule has 0 saturated carbocycles. The van der Waals surface area contributed by atoms with Crippen LogP contribution in [-0.2, 0) is 15.6 Å². The van der Waals surface area contributed by atoms with Crippen LogP contribution < -0.4 is 11.1 Å². The number of hydrogen-bond acceptors (Lipinski definition) is 3. The standard InChI is InChI=1S/C6H14N2O2S/c1-2-11(10)4-3-8-5-6(7)9/h8H,2-5H2,1H3,(H2,7,9). The zero-order chi connectivity index (χ0) is 8.69. The smallest absolute Gasteiger partial charge is 0.231 e. The largest absolute Gasteiger partial charge is 0.369 e. The Balaban J connectivity index is 3.14. The van der Waals surface area contributed by atoms with E-state index < -0.39 is 10.8 Å². The second kappa shape index (κ2) is 6.30. The number of amides is 1. The van der Waals surface area contributed by atoms with Gasteiger partial charge in [-0.05, 0) is 0 Å². The summed E-state index contributed by atoms with van der Waals surface area (Å²) in [6, 6.07) is 0. The van der Waals surface area contributed by atoms with E-state index in [1.165, 1.54) is 0 Å². The molecule has 0 fully saturated rings. The third-order valence-electron chi connectivity index (χ3n) is 1.13. The lowest BCUT2D eigenvalue weighted by atomic mass is 10.6. The maximum Gasteiger partial charge on any atom is 0.231 e. The highest BCUT2D eigenvalue weighted by Gasteiger charge is 1.95. The van der Waals surface area contributed by atoms with Crippen molar-refractivity contribution in [2.75, 3.05) is 24.6 Å². The number of primary amides is 1. The van der Waals surface area contributed by atoms with Gasteiger partial charge in [0.15, 0.2) is 0 Å². The first-order chi connectivity index (χ1) is 5.16. The van der Waals surface area contributed by atoms with Crippen LogP contribution in [0.2, 0.25) is 0 Å². The monoisotopic (exact) mass is 178 g/mol. The molecule has 0 radical (unpaired) electrons. The average Bonchev–Trinajstić information content (AvgIpc) is 1.97. The first-order valence-corrected chi connectivity index (χ1v) is 4.99. The van der Waals surface area contributed by atoms with E-state index in [0.29, 0.717) is 18.1 Å². The highest BCUT2D eigenvalue weighted by atomic mass is 32.2. The predicted octanol–water partition coefficient (Wildman–Crippen LogP) is -1.17. The van der Waals surface area contributed by atoms with Gasteiger partial charge in [0.2, 0.25) is 5.91 Å². The number of carbonyl (C=O) groups excluding carboxylic acids is 1. The Morgan fingerprint density at radius 2 is 2.27 bits per heavy atom. The number of hydrogen-bond donors (Lipinski definition) is 2. The van der Waals surface area contributed by atoms with E-state index in [0.717, 1.165) is 0 Å². The van der Waals surface area contributed by atoms with Gasteiger partial charge in [-0.15, -0.1) is 0 Å². The molecule has 0 spiro atoms. The second-order valence-electron chi connectivity index (χ2n) is 2.08. The summed E-state index contributed by atoms with van der Waals surface area (Å²) in [6.07, 6.45) is 0. The molecule has 4 nitrogen and oxygen atoms in total. The molecule has 1 amide bonds. The molecule has 0 bridgehead atoms. The first kappa shape index (κ1) is 10.6. The molecule has 0 aliphatic heterocycles. The summed E-state index contributed by atoms with van der Waals surface area (Å²) in [6.45, 7) is 2.62. The maximum absolute atomic E-state index is 10.8. The Labute approximate surface area is 69.0 Å². The molecule has 3 N–H and O–H groups in total. The summed E-state index contributed by atoms with van der Waals surface area (Å²) in [5.74, 6) is 0.870. The molecule has 0 aromatic carbocycles. The van der Waals surface area contributed by atoms with Crippen molar-refractivity contribution >= 4 is 16.7 Å². The van der Waals surface area contributed by atoms with Crippen LogP contribution in [0.1, 0.15) is 6.92 Å². The van der Waals surface area contributed by atoms with Gasteiger partial charge in [0, 0.05) is 28.9 Å². The highest BCUT2D eigenvalue weighted by Crippen LogP contribution is 1.78. The fourth-order valence-electron chi connectivity index (χ4n) is 0.542. The van der Waals surface area contributed by atoms with E-state index in [1.54, 1.807) is 0 Å². The quantitative estimate of drug-likeness (QED) is 0.503. The zero-order valence-electron chi connectivity index (χ0n) is 6.63. The maximum atomic E-state index is 10.8. The van der Waals surface area contributed by atoms with Crippen LogP contribution >= 0.6 is 0 Å². The number of carbonyl (C=O) groups is 1. The lowest BCUT2D eigenvalue weighted by Crippen LogP contribution is -2.31. The minimum atomic E-state index is -0.756. The molecular formula is C6H14N2O2S. The van der Waals surface area contributed by atoms with Crippen molar-refractivity contribution in [1.29, 1.82) is 0 Å². The Morgan fingerprint density at radius 3 is 2.73 bits per heavy atom. The Bertz CT molecular complexity index is 150. The molecule has 0 aromatic heterocycles. The van der Waals surface area contributed by atoms with Crippen molar-refractivity contribution in [2.24, 2.45) is 5.73 Å². The van der Waals surface area contributed by atoms with Crippen molar-refractivity contribution in [3.05, 3.63) is 0 Å². The summed E-state index contributed by atoms with van der Waals surface area (Å²) in [4.78, 5) is 10.2. The predicted molar refractivity (Wildman–Crippen MR) is 45.6 cm³/mol. The van der Waals surface area contributed by atoms with Crippen LogP contribution in [0.5, 0.6) is 0 Å².